The van der Waals surface area contributed by atoms with Crippen molar-refractivity contribution in [1.82, 2.24) is 0 Å². The summed E-state index contributed by atoms with van der Waals surface area (Å²) < 4.78 is 9.81. The second kappa shape index (κ2) is 8.64. The van der Waals surface area contributed by atoms with Crippen molar-refractivity contribution in [2.24, 2.45) is 11.3 Å². The van der Waals surface area contributed by atoms with Gasteiger partial charge in [-0.1, -0.05) is 19.4 Å². The van der Waals surface area contributed by atoms with Gasteiger partial charge in [-0.25, -0.2) is 4.79 Å². The summed E-state index contributed by atoms with van der Waals surface area (Å²) in [5.41, 5.74) is -2.14. The van der Waals surface area contributed by atoms with Gasteiger partial charge >= 0.3 is 17.9 Å². The Morgan fingerprint density at radius 1 is 1.09 bits per heavy atom. The van der Waals surface area contributed by atoms with Crippen LogP contribution in [0.25, 0.3) is 0 Å². The van der Waals surface area contributed by atoms with Crippen molar-refractivity contribution >= 4 is 17.9 Å². The molecule has 1 rings (SSSR count). The number of ether oxygens (including phenoxy) is 2. The fraction of sp³-hybridized carbons (Fsp3) is 0.667. The van der Waals surface area contributed by atoms with Crippen LogP contribution in [0.5, 0.6) is 0 Å². The quantitative estimate of drug-likeness (QED) is 0.414. The van der Waals surface area contributed by atoms with E-state index < -0.39 is 41.4 Å². The van der Waals surface area contributed by atoms with Gasteiger partial charge in [0, 0.05) is 5.57 Å². The smallest absolute Gasteiger partial charge is 0.332 e. The molecule has 1 saturated carbocycles. The highest BCUT2D eigenvalue weighted by molar-refractivity contribution is 5.99. The van der Waals surface area contributed by atoms with Crippen LogP contribution in [0.15, 0.2) is 12.2 Å². The molecule has 0 saturated heterocycles. The van der Waals surface area contributed by atoms with E-state index in [0.29, 0.717) is 12.8 Å². The molecule has 0 aromatic heterocycles. The van der Waals surface area contributed by atoms with Gasteiger partial charge in [-0.3, -0.25) is 9.59 Å². The van der Waals surface area contributed by atoms with Crippen LogP contribution in [0.1, 0.15) is 25.7 Å². The molecule has 8 nitrogen and oxygen atoms in total. The van der Waals surface area contributed by atoms with Gasteiger partial charge in [0.15, 0.2) is 0 Å². The van der Waals surface area contributed by atoms with Gasteiger partial charge in [-0.2, -0.15) is 0 Å². The lowest BCUT2D eigenvalue weighted by atomic mass is 9.62. The lowest BCUT2D eigenvalue weighted by molar-refractivity contribution is -0.172. The molecule has 0 amide bonds. The molecule has 0 aromatic carbocycles. The van der Waals surface area contributed by atoms with Crippen LogP contribution < -0.4 is 0 Å². The Balaban J connectivity index is 3.20. The minimum atomic E-state index is -1.72. The van der Waals surface area contributed by atoms with Gasteiger partial charge < -0.3 is 24.8 Å². The molecule has 3 N–H and O–H groups in total. The fourth-order valence-corrected chi connectivity index (χ4v) is 2.93. The Labute approximate surface area is 133 Å². The first-order valence-electron chi connectivity index (χ1n) is 7.40. The van der Waals surface area contributed by atoms with E-state index in [1.165, 1.54) is 0 Å². The standard InChI is InChI=1S/C15H22O8/c1-10(12(18)19)15(14(21)23-9-7-17)5-3-2-4-11(15)13(20)22-8-6-16/h11,16-17H,1-9H2,(H,18,19). The van der Waals surface area contributed by atoms with Crippen molar-refractivity contribution in [1.29, 1.82) is 0 Å². The first-order valence-corrected chi connectivity index (χ1v) is 7.40. The Morgan fingerprint density at radius 2 is 1.70 bits per heavy atom. The van der Waals surface area contributed by atoms with Crippen LogP contribution in [0, 0.1) is 11.3 Å². The van der Waals surface area contributed by atoms with Crippen molar-refractivity contribution in [3.05, 3.63) is 12.2 Å². The first-order chi connectivity index (χ1) is 10.9. The predicted molar refractivity (Wildman–Crippen MR) is 77.3 cm³/mol. The van der Waals surface area contributed by atoms with E-state index in [2.05, 4.69) is 6.58 Å². The van der Waals surface area contributed by atoms with Crippen LogP contribution in [-0.2, 0) is 23.9 Å². The second-order valence-electron chi connectivity index (χ2n) is 5.30. The van der Waals surface area contributed by atoms with Crippen molar-refractivity contribution in [3.63, 3.8) is 0 Å². The topological polar surface area (TPSA) is 130 Å². The molecule has 0 bridgehead atoms. The van der Waals surface area contributed by atoms with E-state index in [4.69, 9.17) is 19.7 Å². The first kappa shape index (κ1) is 19.1. The van der Waals surface area contributed by atoms with Gasteiger partial charge in [-0.05, 0) is 12.8 Å². The maximum Gasteiger partial charge on any atom is 0.332 e. The molecular formula is C15H22O8. The largest absolute Gasteiger partial charge is 0.478 e. The number of aliphatic carboxylic acids is 1. The third-order valence-corrected chi connectivity index (χ3v) is 4.01. The summed E-state index contributed by atoms with van der Waals surface area (Å²) in [6.45, 7) is 2.14. The maximum absolute atomic E-state index is 12.5. The Morgan fingerprint density at radius 3 is 2.26 bits per heavy atom. The summed E-state index contributed by atoms with van der Waals surface area (Å²) in [6, 6.07) is 0. The van der Waals surface area contributed by atoms with Crippen molar-refractivity contribution < 1.29 is 39.2 Å². The molecule has 8 heteroatoms. The van der Waals surface area contributed by atoms with E-state index in [1.807, 2.05) is 0 Å². The summed E-state index contributed by atoms with van der Waals surface area (Å²) in [5.74, 6) is -4.10. The number of hydrogen-bond donors (Lipinski definition) is 3. The monoisotopic (exact) mass is 330 g/mol. The summed E-state index contributed by atoms with van der Waals surface area (Å²) in [4.78, 5) is 36.2. The third-order valence-electron chi connectivity index (χ3n) is 4.01. The third kappa shape index (κ3) is 4.08. The molecule has 1 fully saturated rings. The minimum Gasteiger partial charge on any atom is -0.478 e. The van der Waals surface area contributed by atoms with E-state index in [0.717, 1.165) is 0 Å². The number of carbonyl (C=O) groups is 3. The van der Waals surface area contributed by atoms with Gasteiger partial charge in [0.05, 0.1) is 19.1 Å². The molecule has 130 valence electrons. The summed E-state index contributed by atoms with van der Waals surface area (Å²) in [5, 5.41) is 26.9. The number of carboxylic acid groups (broad SMARTS) is 1. The Kier molecular flexibility index (Phi) is 7.18. The maximum atomic E-state index is 12.5. The van der Waals surface area contributed by atoms with Crippen molar-refractivity contribution in [2.75, 3.05) is 26.4 Å². The highest BCUT2D eigenvalue weighted by atomic mass is 16.5. The molecule has 0 heterocycles. The van der Waals surface area contributed by atoms with Gasteiger partial charge in [0.1, 0.15) is 18.6 Å². The average Bonchev–Trinajstić information content (AvgIpc) is 2.56. The highest BCUT2D eigenvalue weighted by Crippen LogP contribution is 2.48. The Bertz CT molecular complexity index is 472. The SMILES string of the molecule is C=C(C(=O)O)C1(C(=O)OCCO)CCCCC1C(=O)OCCO. The average molecular weight is 330 g/mol. The van der Waals surface area contributed by atoms with Gasteiger partial charge in [-0.15, -0.1) is 0 Å². The molecule has 0 aromatic rings. The number of carboxylic acids is 1. The van der Waals surface area contributed by atoms with E-state index in [1.54, 1.807) is 0 Å². The number of aliphatic hydroxyl groups excluding tert-OH is 2. The number of esters is 2. The van der Waals surface area contributed by atoms with Crippen LogP contribution in [0.4, 0.5) is 0 Å². The molecule has 2 unspecified atom stereocenters. The van der Waals surface area contributed by atoms with Crippen LogP contribution in [0.2, 0.25) is 0 Å². The number of rotatable bonds is 8. The summed E-state index contributed by atoms with van der Waals surface area (Å²) in [7, 11) is 0. The van der Waals surface area contributed by atoms with E-state index in [9.17, 15) is 19.5 Å². The zero-order valence-electron chi connectivity index (χ0n) is 12.8. The minimum absolute atomic E-state index is 0.0985. The number of aliphatic hydroxyl groups is 2. The predicted octanol–water partition coefficient (Wildman–Crippen LogP) is -0.125. The van der Waals surface area contributed by atoms with Crippen LogP contribution in [-0.4, -0.2) is 59.7 Å². The normalized spacial score (nSPS) is 23.8. The molecule has 2 atom stereocenters. The number of hydrogen-bond acceptors (Lipinski definition) is 7. The van der Waals surface area contributed by atoms with Crippen LogP contribution in [0.3, 0.4) is 0 Å². The molecule has 0 spiro atoms. The lowest BCUT2D eigenvalue weighted by Crippen LogP contribution is -2.49. The van der Waals surface area contributed by atoms with E-state index in [-0.39, 0.29) is 32.7 Å². The van der Waals surface area contributed by atoms with Crippen molar-refractivity contribution in [3.8, 4) is 0 Å². The fourth-order valence-electron chi connectivity index (χ4n) is 2.93. The van der Waals surface area contributed by atoms with E-state index >= 15 is 0 Å². The van der Waals surface area contributed by atoms with Gasteiger partial charge in [0.25, 0.3) is 0 Å². The molecule has 0 radical (unpaired) electrons. The molecular weight excluding hydrogens is 308 g/mol. The molecule has 1 aliphatic carbocycles. The molecule has 1 aliphatic rings. The Hall–Kier alpha value is -1.93. The summed E-state index contributed by atoms with van der Waals surface area (Å²) >= 11 is 0. The van der Waals surface area contributed by atoms with Crippen molar-refractivity contribution in [2.45, 2.75) is 25.7 Å². The zero-order chi connectivity index (χ0) is 17.5. The summed E-state index contributed by atoms with van der Waals surface area (Å²) in [6.07, 6.45) is 1.51. The lowest BCUT2D eigenvalue weighted by Gasteiger charge is -2.40. The second-order valence-corrected chi connectivity index (χ2v) is 5.30. The molecule has 0 aliphatic heterocycles. The van der Waals surface area contributed by atoms with Crippen LogP contribution >= 0.6 is 0 Å². The highest BCUT2D eigenvalue weighted by Gasteiger charge is 2.56. The number of carbonyl (C=O) groups excluding carboxylic acids is 2. The zero-order valence-corrected chi connectivity index (χ0v) is 12.8. The molecule has 23 heavy (non-hydrogen) atoms. The van der Waals surface area contributed by atoms with Gasteiger partial charge in [0.2, 0.25) is 0 Å².